The topological polar surface area (TPSA) is 128 Å². The Labute approximate surface area is 170 Å². The number of anilines is 1. The molecule has 0 heterocycles. The van der Waals surface area contributed by atoms with Gasteiger partial charge in [0.1, 0.15) is 11.8 Å². The average molecular weight is 420 g/mol. The van der Waals surface area contributed by atoms with Crippen molar-refractivity contribution in [2.45, 2.75) is 25.6 Å². The maximum absolute atomic E-state index is 12.7. The lowest BCUT2D eigenvalue weighted by Crippen LogP contribution is -2.48. The highest BCUT2D eigenvalue weighted by Crippen LogP contribution is 2.14. The van der Waals surface area contributed by atoms with Crippen LogP contribution in [0.15, 0.2) is 54.6 Å². The number of hydrogen-bond donors (Lipinski definition) is 3. The van der Waals surface area contributed by atoms with Gasteiger partial charge in [0.2, 0.25) is 15.9 Å². The molecule has 0 aliphatic carbocycles. The molecule has 0 aliphatic rings. The molecule has 156 valence electrons. The second-order valence-electron chi connectivity index (χ2n) is 6.89. The number of sulfonamides is 1. The summed E-state index contributed by atoms with van der Waals surface area (Å²) in [5.41, 5.74) is 0.864. The fourth-order valence-electron chi connectivity index (χ4n) is 2.61. The number of ether oxygens (including phenoxy) is 1. The Hall–Kier alpha value is -2.91. The molecule has 0 bridgehead atoms. The summed E-state index contributed by atoms with van der Waals surface area (Å²) in [4.78, 5) is 24.9. The lowest BCUT2D eigenvalue weighted by Gasteiger charge is -2.22. The van der Waals surface area contributed by atoms with E-state index in [1.165, 1.54) is 6.07 Å². The molecule has 0 spiro atoms. The summed E-state index contributed by atoms with van der Waals surface area (Å²) in [5.74, 6) is -0.799. The predicted molar refractivity (Wildman–Crippen MR) is 111 cm³/mol. The minimum absolute atomic E-state index is 0.178. The molecule has 0 radical (unpaired) electrons. The molecule has 4 N–H and O–H groups in total. The van der Waals surface area contributed by atoms with Gasteiger partial charge in [0.25, 0.3) is 5.91 Å². The van der Waals surface area contributed by atoms with Gasteiger partial charge in [-0.1, -0.05) is 44.2 Å². The van der Waals surface area contributed by atoms with E-state index in [1.807, 2.05) is 6.07 Å². The first-order valence-corrected chi connectivity index (χ1v) is 10.7. The second-order valence-corrected chi connectivity index (χ2v) is 8.50. The summed E-state index contributed by atoms with van der Waals surface area (Å²) in [5, 5.41) is 10.4. The summed E-state index contributed by atoms with van der Waals surface area (Å²) in [6.07, 6.45) is 0. The normalized spacial score (nSPS) is 12.3. The van der Waals surface area contributed by atoms with Crippen LogP contribution in [-0.4, -0.2) is 32.9 Å². The van der Waals surface area contributed by atoms with Gasteiger partial charge < -0.3 is 15.4 Å². The monoisotopic (exact) mass is 419 g/mol. The fourth-order valence-corrected chi connectivity index (χ4v) is 3.25. The lowest BCUT2D eigenvalue weighted by atomic mass is 10.0. The lowest BCUT2D eigenvalue weighted by molar-refractivity contribution is -0.128. The van der Waals surface area contributed by atoms with Gasteiger partial charge >= 0.3 is 0 Å². The van der Waals surface area contributed by atoms with E-state index in [9.17, 15) is 18.0 Å². The van der Waals surface area contributed by atoms with Crippen molar-refractivity contribution < 1.29 is 22.7 Å². The standard InChI is InChI=1S/C20H25N3O5S/c1-14(2)19(23-18(24)12-28-17-9-4-3-5-10-17)20(25)22-16-8-6-7-15(11-16)13-29(21,26)27/h3-11,14,19H,12-13H2,1-2H3,(H,22,25)(H,23,24)(H2,21,26,27). The first-order valence-electron chi connectivity index (χ1n) is 9.01. The molecule has 0 saturated heterocycles. The molecule has 0 fully saturated rings. The van der Waals surface area contributed by atoms with Crippen LogP contribution in [0.2, 0.25) is 0 Å². The number of nitrogens with two attached hydrogens (primary N) is 1. The van der Waals surface area contributed by atoms with E-state index < -0.39 is 27.9 Å². The van der Waals surface area contributed by atoms with E-state index in [0.717, 1.165) is 0 Å². The highest BCUT2D eigenvalue weighted by molar-refractivity contribution is 7.88. The van der Waals surface area contributed by atoms with E-state index in [0.29, 0.717) is 17.0 Å². The minimum atomic E-state index is -3.68. The largest absolute Gasteiger partial charge is 0.484 e. The van der Waals surface area contributed by atoms with Gasteiger partial charge in [0.15, 0.2) is 6.61 Å². The number of nitrogens with one attached hydrogen (secondary N) is 2. The Morgan fingerprint density at radius 2 is 1.76 bits per heavy atom. The highest BCUT2D eigenvalue weighted by Gasteiger charge is 2.24. The number of para-hydroxylation sites is 1. The van der Waals surface area contributed by atoms with E-state index in [2.05, 4.69) is 10.6 Å². The third-order valence-corrected chi connectivity index (χ3v) is 4.68. The Balaban J connectivity index is 1.98. The Morgan fingerprint density at radius 3 is 2.38 bits per heavy atom. The molecule has 0 aliphatic heterocycles. The molecule has 29 heavy (non-hydrogen) atoms. The third kappa shape index (κ3) is 7.92. The van der Waals surface area contributed by atoms with Crippen LogP contribution in [0.3, 0.4) is 0 Å². The highest BCUT2D eigenvalue weighted by atomic mass is 32.2. The van der Waals surface area contributed by atoms with Crippen LogP contribution in [0.5, 0.6) is 5.75 Å². The van der Waals surface area contributed by atoms with Crippen molar-refractivity contribution in [3.8, 4) is 5.75 Å². The van der Waals surface area contributed by atoms with Gasteiger partial charge in [0.05, 0.1) is 5.75 Å². The molecule has 0 saturated carbocycles. The van der Waals surface area contributed by atoms with Crippen molar-refractivity contribution in [2.24, 2.45) is 11.1 Å². The molecule has 2 amide bonds. The predicted octanol–water partition coefficient (Wildman–Crippen LogP) is 1.63. The molecule has 2 aromatic carbocycles. The van der Waals surface area contributed by atoms with Crippen molar-refractivity contribution in [3.63, 3.8) is 0 Å². The maximum Gasteiger partial charge on any atom is 0.258 e. The number of benzene rings is 2. The maximum atomic E-state index is 12.7. The van der Waals surface area contributed by atoms with E-state index >= 15 is 0 Å². The Kier molecular flexibility index (Phi) is 7.74. The SMILES string of the molecule is CC(C)C(NC(=O)COc1ccccc1)C(=O)Nc1cccc(CS(N)(=O)=O)c1. The van der Waals surface area contributed by atoms with Crippen molar-refractivity contribution in [1.29, 1.82) is 0 Å². The zero-order valence-corrected chi connectivity index (χ0v) is 17.1. The summed E-state index contributed by atoms with van der Waals surface area (Å²) in [7, 11) is -3.68. The number of carbonyl (C=O) groups is 2. The first-order chi connectivity index (χ1) is 13.6. The third-order valence-electron chi connectivity index (χ3n) is 3.94. The van der Waals surface area contributed by atoms with Crippen LogP contribution in [0.1, 0.15) is 19.4 Å². The Morgan fingerprint density at radius 1 is 1.07 bits per heavy atom. The van der Waals surface area contributed by atoms with E-state index in [1.54, 1.807) is 56.3 Å². The average Bonchev–Trinajstić information content (AvgIpc) is 2.64. The molecule has 1 unspecified atom stereocenters. The molecular formula is C20H25N3O5S. The van der Waals surface area contributed by atoms with Gasteiger partial charge in [-0.25, -0.2) is 13.6 Å². The smallest absolute Gasteiger partial charge is 0.258 e. The zero-order valence-electron chi connectivity index (χ0n) is 16.3. The van der Waals surface area contributed by atoms with Gasteiger partial charge in [-0.2, -0.15) is 0 Å². The van der Waals surface area contributed by atoms with Crippen LogP contribution < -0.4 is 20.5 Å². The van der Waals surface area contributed by atoms with E-state index in [-0.39, 0.29) is 18.3 Å². The zero-order chi connectivity index (χ0) is 21.4. The molecule has 1 atom stereocenters. The quantitative estimate of drug-likeness (QED) is 0.569. The van der Waals surface area contributed by atoms with Crippen LogP contribution in [-0.2, 0) is 25.4 Å². The summed E-state index contributed by atoms with van der Waals surface area (Å²) < 4.78 is 27.9. The van der Waals surface area contributed by atoms with Gasteiger partial charge in [-0.15, -0.1) is 0 Å². The number of amides is 2. The summed E-state index contributed by atoms with van der Waals surface area (Å²) in [6, 6.07) is 14.5. The van der Waals surface area contributed by atoms with Crippen molar-refractivity contribution in [2.75, 3.05) is 11.9 Å². The van der Waals surface area contributed by atoms with Gasteiger partial charge in [-0.3, -0.25) is 9.59 Å². The number of primary sulfonamides is 1. The van der Waals surface area contributed by atoms with Crippen LogP contribution >= 0.6 is 0 Å². The van der Waals surface area contributed by atoms with Crippen molar-refractivity contribution in [1.82, 2.24) is 5.32 Å². The summed E-state index contributed by atoms with van der Waals surface area (Å²) in [6.45, 7) is 3.39. The molecule has 2 rings (SSSR count). The molecule has 8 nitrogen and oxygen atoms in total. The minimum Gasteiger partial charge on any atom is -0.484 e. The summed E-state index contributed by atoms with van der Waals surface area (Å²) >= 11 is 0. The number of carbonyl (C=O) groups excluding carboxylic acids is 2. The molecule has 9 heteroatoms. The fraction of sp³-hybridized carbons (Fsp3) is 0.300. The van der Waals surface area contributed by atoms with Crippen LogP contribution in [0.4, 0.5) is 5.69 Å². The van der Waals surface area contributed by atoms with Crippen LogP contribution in [0, 0.1) is 5.92 Å². The van der Waals surface area contributed by atoms with Gasteiger partial charge in [-0.05, 0) is 35.7 Å². The second kappa shape index (κ2) is 10.0. The van der Waals surface area contributed by atoms with E-state index in [4.69, 9.17) is 9.88 Å². The molecular weight excluding hydrogens is 394 g/mol. The van der Waals surface area contributed by atoms with Gasteiger partial charge in [0, 0.05) is 5.69 Å². The van der Waals surface area contributed by atoms with Crippen molar-refractivity contribution >= 4 is 27.5 Å². The molecule has 0 aromatic heterocycles. The Bertz CT molecular complexity index is 946. The number of rotatable bonds is 9. The van der Waals surface area contributed by atoms with Crippen molar-refractivity contribution in [3.05, 3.63) is 60.2 Å². The van der Waals surface area contributed by atoms with Crippen LogP contribution in [0.25, 0.3) is 0 Å². The molecule has 2 aromatic rings. The number of hydrogen-bond acceptors (Lipinski definition) is 5. The first kappa shape index (κ1) is 22.4.